The highest BCUT2D eigenvalue weighted by Crippen LogP contribution is 2.25. The van der Waals surface area contributed by atoms with Gasteiger partial charge in [0.2, 0.25) is 0 Å². The summed E-state index contributed by atoms with van der Waals surface area (Å²) >= 11 is 0. The lowest BCUT2D eigenvalue weighted by atomic mass is 10.1. The SMILES string of the molecule is O=C([O-])c1ccccc1Nc1c(F)cccc1F. The summed E-state index contributed by atoms with van der Waals surface area (Å²) in [7, 11) is 0. The molecule has 2 aromatic rings. The number of benzene rings is 2. The summed E-state index contributed by atoms with van der Waals surface area (Å²) in [4.78, 5) is 10.8. The van der Waals surface area contributed by atoms with E-state index in [9.17, 15) is 18.7 Å². The van der Waals surface area contributed by atoms with Gasteiger partial charge in [0, 0.05) is 11.3 Å². The first-order chi connectivity index (χ1) is 8.59. The van der Waals surface area contributed by atoms with Crippen molar-refractivity contribution in [2.24, 2.45) is 0 Å². The molecule has 0 radical (unpaired) electrons. The van der Waals surface area contributed by atoms with Crippen LogP contribution in [0.4, 0.5) is 20.2 Å². The molecule has 92 valence electrons. The number of aromatic carboxylic acids is 1. The molecule has 0 bridgehead atoms. The highest BCUT2D eigenvalue weighted by atomic mass is 19.1. The minimum absolute atomic E-state index is 0.0708. The van der Waals surface area contributed by atoms with Crippen LogP contribution in [-0.2, 0) is 0 Å². The van der Waals surface area contributed by atoms with Crippen molar-refractivity contribution in [2.75, 3.05) is 5.32 Å². The fraction of sp³-hybridized carbons (Fsp3) is 0. The number of carboxylic acids is 1. The summed E-state index contributed by atoms with van der Waals surface area (Å²) in [6, 6.07) is 9.11. The van der Waals surface area contributed by atoms with Gasteiger partial charge in [-0.05, 0) is 18.2 Å². The molecule has 18 heavy (non-hydrogen) atoms. The number of anilines is 2. The van der Waals surface area contributed by atoms with Crippen molar-refractivity contribution in [3.05, 3.63) is 59.7 Å². The fourth-order valence-electron chi connectivity index (χ4n) is 1.52. The molecule has 0 spiro atoms. The maximum Gasteiger partial charge on any atom is 0.149 e. The van der Waals surface area contributed by atoms with Crippen molar-refractivity contribution in [2.45, 2.75) is 0 Å². The Morgan fingerprint density at radius 1 is 1.00 bits per heavy atom. The fourth-order valence-corrected chi connectivity index (χ4v) is 1.52. The zero-order valence-corrected chi connectivity index (χ0v) is 9.11. The van der Waals surface area contributed by atoms with Gasteiger partial charge in [0.1, 0.15) is 17.3 Å². The van der Waals surface area contributed by atoms with Gasteiger partial charge in [0.25, 0.3) is 0 Å². The molecule has 0 aliphatic rings. The zero-order chi connectivity index (χ0) is 13.1. The quantitative estimate of drug-likeness (QED) is 0.904. The molecule has 0 unspecified atom stereocenters. The number of halogens is 2. The minimum Gasteiger partial charge on any atom is -0.545 e. The van der Waals surface area contributed by atoms with Crippen LogP contribution >= 0.6 is 0 Å². The van der Waals surface area contributed by atoms with Gasteiger partial charge in [0.15, 0.2) is 0 Å². The van der Waals surface area contributed by atoms with Crippen molar-refractivity contribution < 1.29 is 18.7 Å². The molecule has 0 aromatic heterocycles. The summed E-state index contributed by atoms with van der Waals surface area (Å²) < 4.78 is 26.8. The second-order valence-corrected chi connectivity index (χ2v) is 3.55. The highest BCUT2D eigenvalue weighted by molar-refractivity contribution is 5.93. The third-order valence-corrected chi connectivity index (χ3v) is 2.37. The van der Waals surface area contributed by atoms with E-state index in [0.29, 0.717) is 0 Å². The maximum atomic E-state index is 13.4. The number of nitrogens with one attached hydrogen (secondary N) is 1. The highest BCUT2D eigenvalue weighted by Gasteiger charge is 2.10. The summed E-state index contributed by atoms with van der Waals surface area (Å²) in [5, 5.41) is 13.3. The molecule has 0 saturated heterocycles. The molecule has 3 nitrogen and oxygen atoms in total. The van der Waals surface area contributed by atoms with E-state index in [1.807, 2.05) is 0 Å². The van der Waals surface area contributed by atoms with Crippen LogP contribution in [0, 0.1) is 11.6 Å². The number of hydrogen-bond acceptors (Lipinski definition) is 3. The average molecular weight is 248 g/mol. The van der Waals surface area contributed by atoms with Crippen molar-refractivity contribution >= 4 is 17.3 Å². The molecule has 0 heterocycles. The van der Waals surface area contributed by atoms with Gasteiger partial charge in [-0.3, -0.25) is 0 Å². The molecule has 0 fully saturated rings. The van der Waals surface area contributed by atoms with E-state index >= 15 is 0 Å². The molecule has 2 rings (SSSR count). The molecule has 1 N–H and O–H groups in total. The van der Waals surface area contributed by atoms with Gasteiger partial charge in [-0.25, -0.2) is 8.78 Å². The van der Waals surface area contributed by atoms with E-state index < -0.39 is 23.3 Å². The predicted octanol–water partition coefficient (Wildman–Crippen LogP) is 2.07. The van der Waals surface area contributed by atoms with E-state index in [4.69, 9.17) is 0 Å². The van der Waals surface area contributed by atoms with E-state index in [1.54, 1.807) is 6.07 Å². The molecule has 0 aliphatic heterocycles. The number of hydrogen-bond donors (Lipinski definition) is 1. The summed E-state index contributed by atoms with van der Waals surface area (Å²) in [5.41, 5.74) is -0.493. The van der Waals surface area contributed by atoms with Crippen molar-refractivity contribution in [1.82, 2.24) is 0 Å². The Balaban J connectivity index is 2.43. The standard InChI is InChI=1S/C13H9F2NO2/c14-9-5-3-6-10(15)12(9)16-11-7-2-1-4-8(11)13(17)18/h1-7,16H,(H,17,18)/p-1. The number of rotatable bonds is 3. The van der Waals surface area contributed by atoms with Crippen LogP contribution in [0.2, 0.25) is 0 Å². The Bertz CT molecular complexity index is 579. The monoisotopic (exact) mass is 248 g/mol. The van der Waals surface area contributed by atoms with Crippen molar-refractivity contribution in [3.63, 3.8) is 0 Å². The lowest BCUT2D eigenvalue weighted by Gasteiger charge is -2.13. The first kappa shape index (κ1) is 12.0. The number of carbonyl (C=O) groups is 1. The van der Waals surface area contributed by atoms with E-state index in [2.05, 4.69) is 5.32 Å². The van der Waals surface area contributed by atoms with Crippen LogP contribution < -0.4 is 10.4 Å². The number of carboxylic acid groups (broad SMARTS) is 1. The molecule has 5 heteroatoms. The largest absolute Gasteiger partial charge is 0.545 e. The van der Waals surface area contributed by atoms with Crippen LogP contribution in [0.25, 0.3) is 0 Å². The van der Waals surface area contributed by atoms with Crippen LogP contribution in [-0.4, -0.2) is 5.97 Å². The normalized spacial score (nSPS) is 10.1. The van der Waals surface area contributed by atoms with Crippen LogP contribution in [0.1, 0.15) is 10.4 Å². The average Bonchev–Trinajstić information content (AvgIpc) is 2.34. The third-order valence-electron chi connectivity index (χ3n) is 2.37. The predicted molar refractivity (Wildman–Crippen MR) is 60.4 cm³/mol. The van der Waals surface area contributed by atoms with Crippen molar-refractivity contribution in [1.29, 1.82) is 0 Å². The Labute approximate surface area is 102 Å². The number of para-hydroxylation sites is 2. The smallest absolute Gasteiger partial charge is 0.149 e. The molecule has 0 atom stereocenters. The van der Waals surface area contributed by atoms with Gasteiger partial charge in [0.05, 0.1) is 5.97 Å². The second kappa shape index (κ2) is 4.83. The summed E-state index contributed by atoms with van der Waals surface area (Å²) in [5.74, 6) is -3.03. The zero-order valence-electron chi connectivity index (χ0n) is 9.11. The summed E-state index contributed by atoms with van der Waals surface area (Å²) in [6.07, 6.45) is 0. The Morgan fingerprint density at radius 2 is 1.61 bits per heavy atom. The third kappa shape index (κ3) is 2.29. The van der Waals surface area contributed by atoms with E-state index in [0.717, 1.165) is 12.1 Å². The molecule has 2 aromatic carbocycles. The van der Waals surface area contributed by atoms with Crippen LogP contribution in [0.3, 0.4) is 0 Å². The lowest BCUT2D eigenvalue weighted by molar-refractivity contribution is -0.254. The molecular weight excluding hydrogens is 240 g/mol. The van der Waals surface area contributed by atoms with Gasteiger partial charge in [-0.2, -0.15) is 0 Å². The molecular formula is C13H8F2NO2-. The Kier molecular flexibility index (Phi) is 3.23. The van der Waals surface area contributed by atoms with Crippen molar-refractivity contribution in [3.8, 4) is 0 Å². The van der Waals surface area contributed by atoms with Crippen LogP contribution in [0.5, 0.6) is 0 Å². The van der Waals surface area contributed by atoms with E-state index in [-0.39, 0.29) is 11.3 Å². The Hall–Kier alpha value is -2.43. The van der Waals surface area contributed by atoms with Gasteiger partial charge in [-0.15, -0.1) is 0 Å². The van der Waals surface area contributed by atoms with Gasteiger partial charge in [-0.1, -0.05) is 24.3 Å². The summed E-state index contributed by atoms with van der Waals surface area (Å²) in [6.45, 7) is 0. The van der Waals surface area contributed by atoms with Crippen LogP contribution in [0.15, 0.2) is 42.5 Å². The molecule has 0 saturated carbocycles. The molecule has 0 aliphatic carbocycles. The Morgan fingerprint density at radius 3 is 2.22 bits per heavy atom. The molecule has 0 amide bonds. The topological polar surface area (TPSA) is 52.2 Å². The first-order valence-corrected chi connectivity index (χ1v) is 5.11. The first-order valence-electron chi connectivity index (χ1n) is 5.11. The lowest BCUT2D eigenvalue weighted by Crippen LogP contribution is -2.23. The number of carbonyl (C=O) groups excluding carboxylic acids is 1. The van der Waals surface area contributed by atoms with Gasteiger partial charge >= 0.3 is 0 Å². The van der Waals surface area contributed by atoms with E-state index in [1.165, 1.54) is 24.3 Å². The van der Waals surface area contributed by atoms with Gasteiger partial charge < -0.3 is 15.2 Å². The maximum absolute atomic E-state index is 13.4. The second-order valence-electron chi connectivity index (χ2n) is 3.55. The minimum atomic E-state index is -1.42.